The Bertz CT molecular complexity index is 731. The van der Waals surface area contributed by atoms with E-state index in [1.807, 2.05) is 30.3 Å². The minimum Gasteiger partial charge on any atom is -0.481 e. The molecule has 30 heavy (non-hydrogen) atoms. The van der Waals surface area contributed by atoms with Gasteiger partial charge in [0.15, 0.2) is 0 Å². The molecule has 0 saturated carbocycles. The van der Waals surface area contributed by atoms with Gasteiger partial charge in [0.2, 0.25) is 5.91 Å². The first kappa shape index (κ1) is 23.7. The third-order valence-corrected chi connectivity index (χ3v) is 4.96. The minimum absolute atomic E-state index is 0.254. The molecule has 8 heteroatoms. The van der Waals surface area contributed by atoms with Crippen molar-refractivity contribution in [2.24, 2.45) is 5.92 Å². The van der Waals surface area contributed by atoms with Gasteiger partial charge in [-0.2, -0.15) is 0 Å². The Hall–Kier alpha value is -2.61. The summed E-state index contributed by atoms with van der Waals surface area (Å²) in [7, 11) is 1.65. The average molecular weight is 421 g/mol. The van der Waals surface area contributed by atoms with Crippen molar-refractivity contribution in [1.29, 1.82) is 0 Å². The summed E-state index contributed by atoms with van der Waals surface area (Å²) in [4.78, 5) is 38.4. The fourth-order valence-electron chi connectivity index (χ4n) is 3.59. The zero-order chi connectivity index (χ0) is 22.3. The lowest BCUT2D eigenvalue weighted by Crippen LogP contribution is -2.58. The summed E-state index contributed by atoms with van der Waals surface area (Å²) in [6.07, 6.45) is 0.0402. The van der Waals surface area contributed by atoms with E-state index < -0.39 is 29.6 Å². The van der Waals surface area contributed by atoms with Gasteiger partial charge in [-0.25, -0.2) is 4.79 Å². The summed E-state index contributed by atoms with van der Waals surface area (Å²) in [5.74, 6) is -1.97. The van der Waals surface area contributed by atoms with Gasteiger partial charge in [0.05, 0.1) is 31.0 Å². The Morgan fingerprint density at radius 3 is 2.53 bits per heavy atom. The van der Waals surface area contributed by atoms with E-state index in [4.69, 9.17) is 9.47 Å². The van der Waals surface area contributed by atoms with E-state index in [9.17, 15) is 19.5 Å². The molecule has 1 saturated heterocycles. The van der Waals surface area contributed by atoms with Crippen molar-refractivity contribution in [3.05, 3.63) is 35.9 Å². The van der Waals surface area contributed by atoms with E-state index >= 15 is 0 Å². The van der Waals surface area contributed by atoms with Crippen LogP contribution in [-0.2, 0) is 25.5 Å². The van der Waals surface area contributed by atoms with E-state index in [-0.39, 0.29) is 25.0 Å². The third-order valence-electron chi connectivity index (χ3n) is 4.96. The van der Waals surface area contributed by atoms with Gasteiger partial charge in [-0.15, -0.1) is 0 Å². The largest absolute Gasteiger partial charge is 0.481 e. The van der Waals surface area contributed by atoms with Crippen molar-refractivity contribution in [1.82, 2.24) is 10.2 Å². The van der Waals surface area contributed by atoms with Crippen molar-refractivity contribution in [2.45, 2.75) is 57.7 Å². The number of likely N-dealkylation sites (N-methyl/N-ethyl adjacent to an activating group) is 1. The molecule has 2 unspecified atom stereocenters. The number of nitrogens with one attached hydrogen (secondary N) is 1. The molecule has 1 aliphatic rings. The summed E-state index contributed by atoms with van der Waals surface area (Å²) in [6, 6.07) is 8.60. The van der Waals surface area contributed by atoms with Crippen LogP contribution in [0, 0.1) is 5.92 Å². The molecule has 0 aliphatic carbocycles. The van der Waals surface area contributed by atoms with Crippen LogP contribution < -0.4 is 5.32 Å². The molecular weight excluding hydrogens is 388 g/mol. The number of rotatable bonds is 7. The molecule has 0 bridgehead atoms. The van der Waals surface area contributed by atoms with Gasteiger partial charge < -0.3 is 24.8 Å². The zero-order valence-corrected chi connectivity index (χ0v) is 18.1. The zero-order valence-electron chi connectivity index (χ0n) is 18.1. The monoisotopic (exact) mass is 420 g/mol. The Morgan fingerprint density at radius 1 is 1.27 bits per heavy atom. The smallest absolute Gasteiger partial charge is 0.408 e. The molecule has 1 aromatic rings. The predicted octanol–water partition coefficient (Wildman–Crippen LogP) is 2.46. The fraction of sp³-hybridized carbons (Fsp3) is 0.591. The van der Waals surface area contributed by atoms with Crippen LogP contribution >= 0.6 is 0 Å². The van der Waals surface area contributed by atoms with Crippen LogP contribution in [0.2, 0.25) is 0 Å². The van der Waals surface area contributed by atoms with Crippen molar-refractivity contribution in [3.63, 3.8) is 0 Å². The van der Waals surface area contributed by atoms with Gasteiger partial charge in [-0.05, 0) is 39.2 Å². The number of carboxylic acid groups (broad SMARTS) is 1. The topological polar surface area (TPSA) is 105 Å². The normalized spacial score (nSPS) is 20.1. The van der Waals surface area contributed by atoms with Crippen LogP contribution in [0.15, 0.2) is 30.3 Å². The molecule has 166 valence electrons. The van der Waals surface area contributed by atoms with E-state index in [0.717, 1.165) is 5.56 Å². The highest BCUT2D eigenvalue weighted by molar-refractivity contribution is 5.83. The quantitative estimate of drug-likeness (QED) is 0.702. The van der Waals surface area contributed by atoms with Gasteiger partial charge >= 0.3 is 12.1 Å². The summed E-state index contributed by atoms with van der Waals surface area (Å²) in [5.41, 5.74) is 0.264. The standard InChI is InChI=1S/C22H32N2O6/c1-22(2,3)30-21(28)23-17-14-29-11-10-18(17)24(4)20(27)16(13-19(25)26)12-15-8-6-5-7-9-15/h5-9,16-18H,10-14H2,1-4H3,(H,23,28)(H,25,26)/t16-,17?,18?/m1/s1. The first-order valence-electron chi connectivity index (χ1n) is 10.2. The fourth-order valence-corrected chi connectivity index (χ4v) is 3.59. The number of carbonyl (C=O) groups is 3. The van der Waals surface area contributed by atoms with Crippen molar-refractivity contribution < 1.29 is 29.0 Å². The lowest BCUT2D eigenvalue weighted by atomic mass is 9.93. The second-order valence-corrected chi connectivity index (χ2v) is 8.62. The van der Waals surface area contributed by atoms with Crippen molar-refractivity contribution in [3.8, 4) is 0 Å². The highest BCUT2D eigenvalue weighted by Crippen LogP contribution is 2.21. The molecule has 2 N–H and O–H groups in total. The summed E-state index contributed by atoms with van der Waals surface area (Å²) in [6.45, 7) is 6.03. The molecule has 1 heterocycles. The molecule has 0 spiro atoms. The summed E-state index contributed by atoms with van der Waals surface area (Å²) >= 11 is 0. The lowest BCUT2D eigenvalue weighted by Gasteiger charge is -2.39. The molecule has 2 amide bonds. The number of hydrogen-bond acceptors (Lipinski definition) is 5. The first-order chi connectivity index (χ1) is 14.1. The van der Waals surface area contributed by atoms with Gasteiger partial charge in [0.25, 0.3) is 0 Å². The van der Waals surface area contributed by atoms with E-state index in [0.29, 0.717) is 19.4 Å². The summed E-state index contributed by atoms with van der Waals surface area (Å²) < 4.78 is 10.8. The molecule has 2 rings (SSSR count). The average Bonchev–Trinajstić information content (AvgIpc) is 2.65. The Kier molecular flexibility index (Phi) is 8.23. The Morgan fingerprint density at radius 2 is 1.93 bits per heavy atom. The van der Waals surface area contributed by atoms with Gasteiger partial charge in [-0.1, -0.05) is 30.3 Å². The summed E-state index contributed by atoms with van der Waals surface area (Å²) in [5, 5.41) is 12.1. The molecule has 8 nitrogen and oxygen atoms in total. The number of hydrogen-bond donors (Lipinski definition) is 2. The Balaban J connectivity index is 2.12. The lowest BCUT2D eigenvalue weighted by molar-refractivity contribution is -0.146. The minimum atomic E-state index is -1.02. The number of amides is 2. The number of alkyl carbamates (subject to hydrolysis) is 1. The highest BCUT2D eigenvalue weighted by Gasteiger charge is 2.36. The Labute approximate surface area is 177 Å². The van der Waals surface area contributed by atoms with Gasteiger partial charge in [0.1, 0.15) is 5.60 Å². The van der Waals surface area contributed by atoms with Gasteiger partial charge in [0, 0.05) is 13.7 Å². The third kappa shape index (κ3) is 7.33. The molecule has 3 atom stereocenters. The maximum atomic E-state index is 13.2. The van der Waals surface area contributed by atoms with Crippen molar-refractivity contribution >= 4 is 18.0 Å². The van der Waals surface area contributed by atoms with E-state index in [1.165, 1.54) is 0 Å². The molecule has 1 fully saturated rings. The van der Waals surface area contributed by atoms with Crippen LogP contribution in [0.25, 0.3) is 0 Å². The number of nitrogens with zero attached hydrogens (tertiary/aromatic N) is 1. The van der Waals surface area contributed by atoms with Crippen LogP contribution in [0.1, 0.15) is 39.2 Å². The molecule has 1 aromatic carbocycles. The number of ether oxygens (including phenoxy) is 2. The second-order valence-electron chi connectivity index (χ2n) is 8.62. The molecule has 0 aromatic heterocycles. The number of aliphatic carboxylic acids is 1. The van der Waals surface area contributed by atoms with Gasteiger partial charge in [-0.3, -0.25) is 9.59 Å². The van der Waals surface area contributed by atoms with E-state index in [2.05, 4.69) is 5.32 Å². The first-order valence-corrected chi connectivity index (χ1v) is 10.2. The van der Waals surface area contributed by atoms with Crippen LogP contribution in [-0.4, -0.2) is 65.9 Å². The van der Waals surface area contributed by atoms with Crippen molar-refractivity contribution in [2.75, 3.05) is 20.3 Å². The SMILES string of the molecule is CN(C(=O)[C@@H](CC(=O)O)Cc1ccccc1)C1CCOCC1NC(=O)OC(C)(C)C. The maximum Gasteiger partial charge on any atom is 0.408 e. The molecule has 0 radical (unpaired) electrons. The van der Waals surface area contributed by atoms with E-state index in [1.54, 1.807) is 32.7 Å². The van der Waals surface area contributed by atoms with Crippen LogP contribution in [0.5, 0.6) is 0 Å². The van der Waals surface area contributed by atoms with Crippen LogP contribution in [0.3, 0.4) is 0 Å². The predicted molar refractivity (Wildman–Crippen MR) is 111 cm³/mol. The molecule has 1 aliphatic heterocycles. The number of carbonyl (C=O) groups excluding carboxylic acids is 2. The number of carboxylic acids is 1. The molecular formula is C22H32N2O6. The maximum absolute atomic E-state index is 13.2. The second kappa shape index (κ2) is 10.4. The van der Waals surface area contributed by atoms with Crippen LogP contribution in [0.4, 0.5) is 4.79 Å². The highest BCUT2D eigenvalue weighted by atomic mass is 16.6. The number of benzene rings is 1.